The Balaban J connectivity index is 2.39. The fraction of sp³-hybridized carbons (Fsp3) is 0.200. The molecule has 0 aromatic heterocycles. The molecule has 1 atom stereocenters. The number of benzene rings is 2. The zero-order valence-corrected chi connectivity index (χ0v) is 12.4. The van der Waals surface area contributed by atoms with E-state index in [1.165, 1.54) is 5.19 Å². The second-order valence-electron chi connectivity index (χ2n) is 5.01. The molecular formula is C15H17ClOSi. The van der Waals surface area contributed by atoms with Gasteiger partial charge in [0.2, 0.25) is 0 Å². The summed E-state index contributed by atoms with van der Waals surface area (Å²) in [6.45, 7) is 4.33. The fourth-order valence-electron chi connectivity index (χ4n) is 2.11. The summed E-state index contributed by atoms with van der Waals surface area (Å²) in [5.41, 5.74) is 0.341. The summed E-state index contributed by atoms with van der Waals surface area (Å²) in [5.74, 6) is 0. The third-order valence-corrected chi connectivity index (χ3v) is 7.24. The van der Waals surface area contributed by atoms with Gasteiger partial charge in [-0.3, -0.25) is 0 Å². The number of halogens is 1. The van der Waals surface area contributed by atoms with Gasteiger partial charge in [0.05, 0.1) is 5.73 Å². The fourth-order valence-corrected chi connectivity index (χ4v) is 4.84. The van der Waals surface area contributed by atoms with Gasteiger partial charge in [0.1, 0.15) is 8.07 Å². The molecule has 0 heterocycles. The molecule has 0 radical (unpaired) electrons. The largest absolute Gasteiger partial charge is 0.391 e. The highest BCUT2D eigenvalue weighted by atomic mass is 35.5. The maximum absolute atomic E-state index is 10.7. The molecule has 0 bridgehead atoms. The average Bonchev–Trinajstić information content (AvgIpc) is 2.39. The Hall–Kier alpha value is -1.09. The second kappa shape index (κ2) is 5.27. The summed E-state index contributed by atoms with van der Waals surface area (Å²) in [7, 11) is -1.98. The Morgan fingerprint density at radius 2 is 1.50 bits per heavy atom. The highest BCUT2D eigenvalue weighted by molar-refractivity contribution is 6.90. The molecule has 0 saturated heterocycles. The van der Waals surface area contributed by atoms with Crippen molar-refractivity contribution in [3.8, 4) is 0 Å². The first-order chi connectivity index (χ1) is 8.53. The topological polar surface area (TPSA) is 20.2 Å². The summed E-state index contributed by atoms with van der Waals surface area (Å²) in [6.07, 6.45) is 0. The van der Waals surface area contributed by atoms with Gasteiger partial charge >= 0.3 is 0 Å². The van der Waals surface area contributed by atoms with Gasteiger partial charge in [0.15, 0.2) is 0 Å². The van der Waals surface area contributed by atoms with Gasteiger partial charge in [-0.15, -0.1) is 0 Å². The lowest BCUT2D eigenvalue weighted by Gasteiger charge is -2.29. The van der Waals surface area contributed by atoms with E-state index in [1.54, 1.807) is 0 Å². The van der Waals surface area contributed by atoms with Crippen LogP contribution in [0.25, 0.3) is 0 Å². The molecule has 18 heavy (non-hydrogen) atoms. The van der Waals surface area contributed by atoms with E-state index in [9.17, 15) is 5.11 Å². The van der Waals surface area contributed by atoms with E-state index in [4.69, 9.17) is 11.6 Å². The van der Waals surface area contributed by atoms with Gasteiger partial charge in [0, 0.05) is 5.02 Å². The highest BCUT2D eigenvalue weighted by Crippen LogP contribution is 2.29. The summed E-state index contributed by atoms with van der Waals surface area (Å²) in [6, 6.07) is 17.7. The predicted molar refractivity (Wildman–Crippen MR) is 80.0 cm³/mol. The van der Waals surface area contributed by atoms with E-state index in [0.717, 1.165) is 5.56 Å². The summed E-state index contributed by atoms with van der Waals surface area (Å²) < 4.78 is 0. The van der Waals surface area contributed by atoms with Crippen molar-refractivity contribution in [3.05, 3.63) is 65.2 Å². The number of aliphatic hydroxyl groups excluding tert-OH is 1. The van der Waals surface area contributed by atoms with Crippen LogP contribution in [0.3, 0.4) is 0 Å². The van der Waals surface area contributed by atoms with Gasteiger partial charge in [-0.1, -0.05) is 78.4 Å². The lowest BCUT2D eigenvalue weighted by atomic mass is 10.2. The van der Waals surface area contributed by atoms with Gasteiger partial charge in [-0.2, -0.15) is 0 Å². The Kier molecular flexibility index (Phi) is 3.90. The van der Waals surface area contributed by atoms with Crippen molar-refractivity contribution in [2.75, 3.05) is 0 Å². The van der Waals surface area contributed by atoms with E-state index in [-0.39, 0.29) is 0 Å². The maximum atomic E-state index is 10.7. The molecule has 0 saturated carbocycles. The molecule has 0 spiro atoms. The molecule has 0 aliphatic carbocycles. The molecule has 0 aliphatic heterocycles. The van der Waals surface area contributed by atoms with Crippen LogP contribution in [0.15, 0.2) is 54.6 Å². The normalized spacial score (nSPS) is 13.3. The molecule has 0 unspecified atom stereocenters. The molecule has 0 amide bonds. The van der Waals surface area contributed by atoms with Gasteiger partial charge in [-0.25, -0.2) is 0 Å². The van der Waals surface area contributed by atoms with Gasteiger partial charge in [-0.05, 0) is 11.6 Å². The summed E-state index contributed by atoms with van der Waals surface area (Å²) in [5, 5.41) is 12.5. The Morgan fingerprint density at radius 3 is 2.11 bits per heavy atom. The summed E-state index contributed by atoms with van der Waals surface area (Å²) >= 11 is 6.17. The first-order valence-electron chi connectivity index (χ1n) is 6.01. The van der Waals surface area contributed by atoms with Gasteiger partial charge in [0.25, 0.3) is 0 Å². The highest BCUT2D eigenvalue weighted by Gasteiger charge is 2.34. The smallest absolute Gasteiger partial charge is 0.118 e. The van der Waals surface area contributed by atoms with E-state index in [2.05, 4.69) is 25.2 Å². The first kappa shape index (κ1) is 13.3. The van der Waals surface area contributed by atoms with Crippen molar-refractivity contribution in [2.45, 2.75) is 18.8 Å². The van der Waals surface area contributed by atoms with Crippen LogP contribution >= 0.6 is 11.6 Å². The molecule has 2 rings (SSSR count). The van der Waals surface area contributed by atoms with Crippen LogP contribution in [0.5, 0.6) is 0 Å². The lowest BCUT2D eigenvalue weighted by Crippen LogP contribution is -2.47. The molecule has 2 aromatic carbocycles. The SMILES string of the molecule is C[Si](C)(c1ccccc1)[C@H](O)c1ccccc1Cl. The molecule has 0 aliphatic rings. The minimum absolute atomic E-state index is 0.492. The standard InChI is InChI=1S/C15H17ClOSi/c1-18(2,12-8-4-3-5-9-12)15(17)13-10-6-7-11-14(13)16/h3-11,15,17H,1-2H3/t15-/m0/s1. The lowest BCUT2D eigenvalue weighted by molar-refractivity contribution is 0.251. The van der Waals surface area contributed by atoms with Crippen LogP contribution in [-0.2, 0) is 0 Å². The minimum atomic E-state index is -1.98. The Morgan fingerprint density at radius 1 is 0.944 bits per heavy atom. The maximum Gasteiger partial charge on any atom is 0.118 e. The Labute approximate surface area is 114 Å². The van der Waals surface area contributed by atoms with Crippen molar-refractivity contribution < 1.29 is 5.11 Å². The zero-order valence-electron chi connectivity index (χ0n) is 10.6. The monoisotopic (exact) mass is 276 g/mol. The van der Waals surface area contributed by atoms with Crippen LogP contribution in [0.1, 0.15) is 11.3 Å². The van der Waals surface area contributed by atoms with E-state index in [0.29, 0.717) is 5.02 Å². The van der Waals surface area contributed by atoms with Crippen LogP contribution in [0, 0.1) is 0 Å². The molecular weight excluding hydrogens is 260 g/mol. The number of aliphatic hydroxyl groups is 1. The molecule has 94 valence electrons. The van der Waals surface area contributed by atoms with E-state index < -0.39 is 13.8 Å². The van der Waals surface area contributed by atoms with Crippen molar-refractivity contribution in [2.24, 2.45) is 0 Å². The first-order valence-corrected chi connectivity index (χ1v) is 9.47. The third kappa shape index (κ3) is 2.51. The number of hydrogen-bond acceptors (Lipinski definition) is 1. The number of rotatable bonds is 3. The molecule has 3 heteroatoms. The van der Waals surface area contributed by atoms with Crippen LogP contribution in [0.4, 0.5) is 0 Å². The molecule has 2 aromatic rings. The molecule has 0 fully saturated rings. The third-order valence-electron chi connectivity index (χ3n) is 3.40. The van der Waals surface area contributed by atoms with Crippen LogP contribution < -0.4 is 5.19 Å². The van der Waals surface area contributed by atoms with Gasteiger partial charge < -0.3 is 5.11 Å². The quantitative estimate of drug-likeness (QED) is 0.851. The van der Waals surface area contributed by atoms with Crippen molar-refractivity contribution in [3.63, 3.8) is 0 Å². The van der Waals surface area contributed by atoms with Crippen molar-refractivity contribution >= 4 is 24.9 Å². The van der Waals surface area contributed by atoms with E-state index >= 15 is 0 Å². The van der Waals surface area contributed by atoms with Crippen LogP contribution in [0.2, 0.25) is 18.1 Å². The van der Waals surface area contributed by atoms with E-state index in [1.807, 2.05) is 42.5 Å². The minimum Gasteiger partial charge on any atom is -0.391 e. The number of hydrogen-bond donors (Lipinski definition) is 1. The van der Waals surface area contributed by atoms with Crippen LogP contribution in [-0.4, -0.2) is 13.2 Å². The predicted octanol–water partition coefficient (Wildman–Crippen LogP) is 3.53. The molecule has 1 nitrogen and oxygen atoms in total. The Bertz CT molecular complexity index is 525. The molecule has 1 N–H and O–H groups in total. The van der Waals surface area contributed by atoms with Crippen molar-refractivity contribution in [1.29, 1.82) is 0 Å². The average molecular weight is 277 g/mol. The summed E-state index contributed by atoms with van der Waals surface area (Å²) in [4.78, 5) is 0. The van der Waals surface area contributed by atoms with Crippen molar-refractivity contribution in [1.82, 2.24) is 0 Å². The zero-order chi connectivity index (χ0) is 13.2. The second-order valence-corrected chi connectivity index (χ2v) is 9.99.